The van der Waals surface area contributed by atoms with Crippen molar-refractivity contribution < 1.29 is 19.1 Å². The normalized spacial score (nSPS) is 16.2. The van der Waals surface area contributed by atoms with Crippen LogP contribution in [0.5, 0.6) is 11.5 Å². The van der Waals surface area contributed by atoms with Crippen molar-refractivity contribution in [3.63, 3.8) is 0 Å². The van der Waals surface area contributed by atoms with Gasteiger partial charge in [-0.05, 0) is 59.9 Å². The van der Waals surface area contributed by atoms with Crippen LogP contribution >= 0.6 is 0 Å². The number of anilines is 1. The topological polar surface area (TPSA) is 102 Å². The van der Waals surface area contributed by atoms with Crippen LogP contribution in [0.25, 0.3) is 0 Å². The van der Waals surface area contributed by atoms with E-state index >= 15 is 0 Å². The first-order chi connectivity index (χ1) is 18.6. The van der Waals surface area contributed by atoms with Crippen molar-refractivity contribution in [3.05, 3.63) is 113 Å². The lowest BCUT2D eigenvalue weighted by molar-refractivity contribution is 0.0924. The molecule has 8 heteroatoms. The molecule has 0 aliphatic heterocycles. The lowest BCUT2D eigenvalue weighted by Gasteiger charge is -2.34. The fourth-order valence-electron chi connectivity index (χ4n) is 4.97. The van der Waals surface area contributed by atoms with E-state index in [2.05, 4.69) is 32.7 Å². The number of amides is 2. The fraction of sp³-hybridized carbons (Fsp3) is 0.200. The second-order valence-corrected chi connectivity index (χ2v) is 8.98. The Morgan fingerprint density at radius 2 is 1.55 bits per heavy atom. The molecule has 0 radical (unpaired) electrons. The highest BCUT2D eigenvalue weighted by Gasteiger charge is 2.32. The molecule has 2 atom stereocenters. The minimum absolute atomic E-state index is 0.0397. The maximum atomic E-state index is 13.4. The van der Waals surface area contributed by atoms with Crippen LogP contribution in [0, 0.1) is 0 Å². The Morgan fingerprint density at radius 1 is 0.842 bits per heavy atom. The number of nitrogens with zero attached hydrogens (tertiary/aromatic N) is 2. The minimum Gasteiger partial charge on any atom is -0.494 e. The van der Waals surface area contributed by atoms with Crippen molar-refractivity contribution in [2.24, 2.45) is 0 Å². The number of carbonyl (C=O) groups is 2. The van der Waals surface area contributed by atoms with Gasteiger partial charge in [-0.1, -0.05) is 42.5 Å². The highest BCUT2D eigenvalue weighted by atomic mass is 16.5. The van der Waals surface area contributed by atoms with Gasteiger partial charge in [0.1, 0.15) is 28.6 Å². The third-order valence-corrected chi connectivity index (χ3v) is 6.76. The largest absolute Gasteiger partial charge is 0.494 e. The van der Waals surface area contributed by atoms with Crippen molar-refractivity contribution >= 4 is 17.5 Å². The van der Waals surface area contributed by atoms with Crippen LogP contribution in [0.1, 0.15) is 50.0 Å². The number of hydrogen-bond donors (Lipinski definition) is 2. The van der Waals surface area contributed by atoms with Crippen LogP contribution in [0.3, 0.4) is 0 Å². The molecule has 0 unspecified atom stereocenters. The lowest BCUT2D eigenvalue weighted by atomic mass is 9.76. The van der Waals surface area contributed by atoms with E-state index in [1.807, 2.05) is 30.5 Å². The number of pyridine rings is 2. The van der Waals surface area contributed by atoms with Crippen LogP contribution in [-0.2, 0) is 6.42 Å². The second kappa shape index (κ2) is 11.1. The Balaban J connectivity index is 1.38. The standard InChI is InChI=1S/C30H28N4O4/c1-37-25-13-6-14-26(38-2)28(25)34-30(36)24-12-5-11-23(32-24)29(35)33-22-16-15-19-8-3-4-10-21(19)27(22)20-9-7-17-31-18-20/h3-14,17-18,22,27H,15-16H2,1-2H3,(H,33,35)(H,34,36)/t22-,27+/m0/s1. The molecule has 0 saturated carbocycles. The summed E-state index contributed by atoms with van der Waals surface area (Å²) in [5.74, 6) is 0.0356. The Bertz CT molecular complexity index is 1440. The monoisotopic (exact) mass is 508 g/mol. The Morgan fingerprint density at radius 3 is 2.26 bits per heavy atom. The predicted molar refractivity (Wildman–Crippen MR) is 144 cm³/mol. The zero-order chi connectivity index (χ0) is 26.5. The van der Waals surface area contributed by atoms with E-state index in [0.717, 1.165) is 18.4 Å². The van der Waals surface area contributed by atoms with Gasteiger partial charge in [0.2, 0.25) is 0 Å². The number of para-hydroxylation sites is 1. The predicted octanol–water partition coefficient (Wildman–Crippen LogP) is 4.62. The summed E-state index contributed by atoms with van der Waals surface area (Å²) in [6.45, 7) is 0. The quantitative estimate of drug-likeness (QED) is 0.378. The van der Waals surface area contributed by atoms with E-state index in [0.29, 0.717) is 17.2 Å². The average Bonchev–Trinajstić information content (AvgIpc) is 2.97. The van der Waals surface area contributed by atoms with E-state index < -0.39 is 5.91 Å². The molecule has 2 heterocycles. The fourth-order valence-corrected chi connectivity index (χ4v) is 4.97. The zero-order valence-electron chi connectivity index (χ0n) is 21.2. The molecule has 0 saturated heterocycles. The molecule has 0 spiro atoms. The number of aromatic nitrogens is 2. The molecule has 5 rings (SSSR count). The van der Waals surface area contributed by atoms with Gasteiger partial charge in [-0.2, -0.15) is 0 Å². The summed E-state index contributed by atoms with van der Waals surface area (Å²) in [4.78, 5) is 35.1. The number of fused-ring (bicyclic) bond motifs is 1. The summed E-state index contributed by atoms with van der Waals surface area (Å²) in [7, 11) is 3.02. The third kappa shape index (κ3) is 5.06. The van der Waals surface area contributed by atoms with Crippen molar-refractivity contribution in [1.82, 2.24) is 15.3 Å². The molecule has 38 heavy (non-hydrogen) atoms. The molecule has 192 valence electrons. The average molecular weight is 509 g/mol. The minimum atomic E-state index is -0.484. The summed E-state index contributed by atoms with van der Waals surface area (Å²) in [5, 5.41) is 5.97. The van der Waals surface area contributed by atoms with Crippen LogP contribution in [-0.4, -0.2) is 42.0 Å². The summed E-state index contributed by atoms with van der Waals surface area (Å²) < 4.78 is 10.7. The van der Waals surface area contributed by atoms with Gasteiger partial charge in [-0.15, -0.1) is 0 Å². The van der Waals surface area contributed by atoms with Crippen molar-refractivity contribution in [2.45, 2.75) is 24.8 Å². The number of rotatable bonds is 7. The third-order valence-electron chi connectivity index (χ3n) is 6.76. The highest BCUT2D eigenvalue weighted by molar-refractivity contribution is 6.05. The lowest BCUT2D eigenvalue weighted by Crippen LogP contribution is -2.42. The van der Waals surface area contributed by atoms with Gasteiger partial charge in [0.05, 0.1) is 14.2 Å². The van der Waals surface area contributed by atoms with Crippen molar-refractivity contribution in [1.29, 1.82) is 0 Å². The number of ether oxygens (including phenoxy) is 2. The Kier molecular flexibility index (Phi) is 7.31. The summed E-state index contributed by atoms with van der Waals surface area (Å²) in [5.41, 5.74) is 4.15. The first kappa shape index (κ1) is 25.0. The van der Waals surface area contributed by atoms with Crippen LogP contribution < -0.4 is 20.1 Å². The Labute approximate surface area is 221 Å². The smallest absolute Gasteiger partial charge is 0.274 e. The van der Waals surface area contributed by atoms with E-state index in [4.69, 9.17) is 9.47 Å². The second-order valence-electron chi connectivity index (χ2n) is 8.98. The van der Waals surface area contributed by atoms with Gasteiger partial charge in [-0.25, -0.2) is 4.98 Å². The number of methoxy groups -OCH3 is 2. The van der Waals surface area contributed by atoms with E-state index in [9.17, 15) is 9.59 Å². The van der Waals surface area contributed by atoms with Crippen LogP contribution in [0.4, 0.5) is 5.69 Å². The van der Waals surface area contributed by atoms with Crippen molar-refractivity contribution in [3.8, 4) is 11.5 Å². The maximum absolute atomic E-state index is 13.4. The molecule has 2 aromatic carbocycles. The highest BCUT2D eigenvalue weighted by Crippen LogP contribution is 2.37. The molecular formula is C30H28N4O4. The zero-order valence-corrected chi connectivity index (χ0v) is 21.2. The Hall–Kier alpha value is -4.72. The molecule has 1 aliphatic rings. The molecule has 2 amide bonds. The van der Waals surface area contributed by atoms with Gasteiger partial charge in [-0.3, -0.25) is 14.6 Å². The first-order valence-electron chi connectivity index (χ1n) is 12.4. The number of nitrogens with one attached hydrogen (secondary N) is 2. The maximum Gasteiger partial charge on any atom is 0.274 e. The van der Waals surface area contributed by atoms with E-state index in [1.54, 1.807) is 42.6 Å². The van der Waals surface area contributed by atoms with Gasteiger partial charge < -0.3 is 20.1 Å². The number of carbonyl (C=O) groups excluding carboxylic acids is 2. The number of hydrogen-bond acceptors (Lipinski definition) is 6. The molecule has 4 aromatic rings. The summed E-state index contributed by atoms with van der Waals surface area (Å²) in [6.07, 6.45) is 5.22. The van der Waals surface area contributed by atoms with Crippen LogP contribution in [0.15, 0.2) is 85.2 Å². The first-order valence-corrected chi connectivity index (χ1v) is 12.4. The number of aryl methyl sites for hydroxylation is 1. The molecule has 2 N–H and O–H groups in total. The van der Waals surface area contributed by atoms with Gasteiger partial charge in [0, 0.05) is 24.4 Å². The summed E-state index contributed by atoms with van der Waals surface area (Å²) in [6, 6.07) is 22.1. The SMILES string of the molecule is COc1cccc(OC)c1NC(=O)c1cccc(C(=O)N[C@H]2CCc3ccccc3[C@H]2c2cccnc2)n1. The summed E-state index contributed by atoms with van der Waals surface area (Å²) >= 11 is 0. The molecule has 0 fully saturated rings. The number of benzene rings is 2. The van der Waals surface area contributed by atoms with Gasteiger partial charge >= 0.3 is 0 Å². The molecule has 0 bridgehead atoms. The van der Waals surface area contributed by atoms with Gasteiger partial charge in [0.15, 0.2) is 0 Å². The molecule has 8 nitrogen and oxygen atoms in total. The van der Waals surface area contributed by atoms with Crippen molar-refractivity contribution in [2.75, 3.05) is 19.5 Å². The van der Waals surface area contributed by atoms with E-state index in [1.165, 1.54) is 25.3 Å². The van der Waals surface area contributed by atoms with Crippen LogP contribution in [0.2, 0.25) is 0 Å². The molecular weight excluding hydrogens is 480 g/mol. The van der Waals surface area contributed by atoms with E-state index in [-0.39, 0.29) is 29.3 Å². The van der Waals surface area contributed by atoms with Gasteiger partial charge in [0.25, 0.3) is 11.8 Å². The molecule has 1 aliphatic carbocycles. The molecule has 2 aromatic heterocycles.